The molecule has 0 fully saturated rings. The van der Waals surface area contributed by atoms with E-state index >= 15 is 0 Å². The highest BCUT2D eigenvalue weighted by Crippen LogP contribution is 2.10. The van der Waals surface area contributed by atoms with E-state index in [0.717, 1.165) is 17.1 Å². The van der Waals surface area contributed by atoms with Gasteiger partial charge < -0.3 is 11.1 Å². The second-order valence-electron chi connectivity index (χ2n) is 3.42. The topological polar surface area (TPSA) is 68.0 Å². The van der Waals surface area contributed by atoms with Crippen molar-refractivity contribution in [3.8, 4) is 0 Å². The van der Waals surface area contributed by atoms with Crippen LogP contribution in [0.15, 0.2) is 12.1 Å². The lowest BCUT2D eigenvalue weighted by Crippen LogP contribution is -2.32. The molecule has 0 radical (unpaired) electrons. The molecule has 0 saturated heterocycles. The molecule has 0 spiro atoms. The van der Waals surface area contributed by atoms with Crippen LogP contribution >= 0.6 is 12.4 Å². The number of halogens is 1. The number of carbonyl (C=O) groups is 1. The Morgan fingerprint density at radius 3 is 2.27 bits per heavy atom. The van der Waals surface area contributed by atoms with E-state index in [1.807, 2.05) is 26.0 Å². The summed E-state index contributed by atoms with van der Waals surface area (Å²) in [5.74, 6) is -0.185. The fraction of sp³-hybridized carbons (Fsp3) is 0.400. The number of pyridine rings is 1. The fourth-order valence-electron chi connectivity index (χ4n) is 1.16. The van der Waals surface area contributed by atoms with E-state index in [9.17, 15) is 4.79 Å². The maximum atomic E-state index is 11.3. The van der Waals surface area contributed by atoms with Gasteiger partial charge in [0.2, 0.25) is 5.91 Å². The maximum absolute atomic E-state index is 11.3. The van der Waals surface area contributed by atoms with Crippen LogP contribution in [-0.4, -0.2) is 16.9 Å². The first-order valence-electron chi connectivity index (χ1n) is 4.51. The smallest absolute Gasteiger partial charge is 0.241 e. The molecule has 1 amide bonds. The molecule has 0 bridgehead atoms. The van der Waals surface area contributed by atoms with Crippen molar-refractivity contribution in [2.45, 2.75) is 26.8 Å². The Kier molecular flexibility index (Phi) is 5.25. The van der Waals surface area contributed by atoms with E-state index in [4.69, 9.17) is 5.73 Å². The van der Waals surface area contributed by atoms with Crippen molar-refractivity contribution >= 4 is 24.0 Å². The minimum atomic E-state index is -0.497. The lowest BCUT2D eigenvalue weighted by molar-refractivity contribution is -0.117. The van der Waals surface area contributed by atoms with Gasteiger partial charge >= 0.3 is 0 Å². The lowest BCUT2D eigenvalue weighted by atomic mass is 10.2. The summed E-state index contributed by atoms with van der Waals surface area (Å²) in [6, 6.07) is 3.13. The van der Waals surface area contributed by atoms with Gasteiger partial charge in [-0.2, -0.15) is 0 Å². The Morgan fingerprint density at radius 2 is 1.87 bits per heavy atom. The summed E-state index contributed by atoms with van der Waals surface area (Å²) in [6.07, 6.45) is 0. The third-order valence-corrected chi connectivity index (χ3v) is 1.76. The maximum Gasteiger partial charge on any atom is 0.241 e. The molecule has 4 nitrogen and oxygen atoms in total. The van der Waals surface area contributed by atoms with Crippen molar-refractivity contribution in [2.24, 2.45) is 5.73 Å². The first-order chi connectivity index (χ1) is 6.49. The molecule has 1 aromatic heterocycles. The summed E-state index contributed by atoms with van der Waals surface area (Å²) >= 11 is 0. The van der Waals surface area contributed by atoms with Gasteiger partial charge in [0.05, 0.1) is 6.04 Å². The van der Waals surface area contributed by atoms with Crippen molar-refractivity contribution in [3.05, 3.63) is 23.5 Å². The van der Waals surface area contributed by atoms with E-state index in [2.05, 4.69) is 10.3 Å². The third kappa shape index (κ3) is 4.27. The van der Waals surface area contributed by atoms with Gasteiger partial charge in [0.25, 0.3) is 0 Å². The number of nitrogens with two attached hydrogens (primary N) is 1. The number of nitrogens with zero attached hydrogens (tertiary/aromatic N) is 1. The van der Waals surface area contributed by atoms with Crippen LogP contribution in [0.5, 0.6) is 0 Å². The molecular formula is C10H16ClN3O. The number of rotatable bonds is 2. The van der Waals surface area contributed by atoms with Gasteiger partial charge in [0.1, 0.15) is 0 Å². The second kappa shape index (κ2) is 5.68. The number of aryl methyl sites for hydroxylation is 2. The van der Waals surface area contributed by atoms with Gasteiger partial charge in [-0.05, 0) is 32.9 Å². The predicted molar refractivity (Wildman–Crippen MR) is 63.2 cm³/mol. The third-order valence-electron chi connectivity index (χ3n) is 1.76. The van der Waals surface area contributed by atoms with Gasteiger partial charge in [0, 0.05) is 17.1 Å². The second-order valence-corrected chi connectivity index (χ2v) is 3.42. The van der Waals surface area contributed by atoms with Crippen molar-refractivity contribution < 1.29 is 4.79 Å². The molecule has 0 aromatic carbocycles. The molecule has 1 rings (SSSR count). The SMILES string of the molecule is Cc1cc(NC(=O)[C@@H](C)N)cc(C)n1.Cl. The van der Waals surface area contributed by atoms with Gasteiger partial charge in [-0.3, -0.25) is 9.78 Å². The van der Waals surface area contributed by atoms with E-state index in [1.54, 1.807) is 6.92 Å². The zero-order valence-electron chi connectivity index (χ0n) is 9.07. The molecule has 0 saturated carbocycles. The molecule has 3 N–H and O–H groups in total. The highest BCUT2D eigenvalue weighted by atomic mass is 35.5. The average molecular weight is 230 g/mol. The predicted octanol–water partition coefficient (Wildman–Crippen LogP) is 1.41. The van der Waals surface area contributed by atoms with Gasteiger partial charge in [-0.1, -0.05) is 0 Å². The summed E-state index contributed by atoms with van der Waals surface area (Å²) in [6.45, 7) is 5.42. The van der Waals surface area contributed by atoms with E-state index in [-0.39, 0.29) is 18.3 Å². The Hall–Kier alpha value is -1.13. The summed E-state index contributed by atoms with van der Waals surface area (Å²) in [7, 11) is 0. The highest BCUT2D eigenvalue weighted by molar-refractivity contribution is 5.94. The normalized spacial score (nSPS) is 11.5. The van der Waals surface area contributed by atoms with Crippen LogP contribution in [0.4, 0.5) is 5.69 Å². The summed E-state index contributed by atoms with van der Waals surface area (Å²) in [5.41, 5.74) is 7.94. The fourth-order valence-corrected chi connectivity index (χ4v) is 1.16. The van der Waals surface area contributed by atoms with Crippen molar-refractivity contribution in [2.75, 3.05) is 5.32 Å². The first-order valence-corrected chi connectivity index (χ1v) is 4.51. The summed E-state index contributed by atoms with van der Waals surface area (Å²) in [5, 5.41) is 2.72. The number of carbonyl (C=O) groups excluding carboxylic acids is 1. The molecular weight excluding hydrogens is 214 g/mol. The Balaban J connectivity index is 0.00000196. The largest absolute Gasteiger partial charge is 0.325 e. The molecule has 84 valence electrons. The van der Waals surface area contributed by atoms with Gasteiger partial charge in [-0.25, -0.2) is 0 Å². The Morgan fingerprint density at radius 1 is 1.40 bits per heavy atom. The van der Waals surface area contributed by atoms with Crippen LogP contribution in [0, 0.1) is 13.8 Å². The van der Waals surface area contributed by atoms with Gasteiger partial charge in [-0.15, -0.1) is 12.4 Å². The van der Waals surface area contributed by atoms with Crippen LogP contribution in [0.1, 0.15) is 18.3 Å². The minimum Gasteiger partial charge on any atom is -0.325 e. The molecule has 15 heavy (non-hydrogen) atoms. The summed E-state index contributed by atoms with van der Waals surface area (Å²) < 4.78 is 0. The molecule has 1 heterocycles. The molecule has 1 aromatic rings. The first kappa shape index (κ1) is 13.9. The molecule has 5 heteroatoms. The van der Waals surface area contributed by atoms with Crippen LogP contribution in [0.3, 0.4) is 0 Å². The molecule has 1 atom stereocenters. The number of aromatic nitrogens is 1. The standard InChI is InChI=1S/C10H15N3O.ClH/c1-6-4-9(5-7(2)12-6)13-10(14)8(3)11;/h4-5,8H,11H2,1-3H3,(H,12,13,14);1H/t8-;/m1./s1. The van der Waals surface area contributed by atoms with Crippen LogP contribution in [0.25, 0.3) is 0 Å². The van der Waals surface area contributed by atoms with Crippen molar-refractivity contribution in [3.63, 3.8) is 0 Å². The Bertz CT molecular complexity index is 332. The zero-order valence-corrected chi connectivity index (χ0v) is 9.89. The summed E-state index contributed by atoms with van der Waals surface area (Å²) in [4.78, 5) is 15.5. The molecule has 0 aliphatic carbocycles. The molecule has 0 unspecified atom stereocenters. The number of anilines is 1. The zero-order chi connectivity index (χ0) is 10.7. The van der Waals surface area contributed by atoms with E-state index in [1.165, 1.54) is 0 Å². The van der Waals surface area contributed by atoms with Crippen LogP contribution < -0.4 is 11.1 Å². The number of hydrogen-bond acceptors (Lipinski definition) is 3. The number of amides is 1. The van der Waals surface area contributed by atoms with Gasteiger partial charge in [0.15, 0.2) is 0 Å². The van der Waals surface area contributed by atoms with Crippen LogP contribution in [-0.2, 0) is 4.79 Å². The average Bonchev–Trinajstić information content (AvgIpc) is 2.01. The van der Waals surface area contributed by atoms with Crippen molar-refractivity contribution in [1.29, 1.82) is 0 Å². The number of hydrogen-bond donors (Lipinski definition) is 2. The van der Waals surface area contributed by atoms with E-state index in [0.29, 0.717) is 0 Å². The Labute approximate surface area is 95.7 Å². The monoisotopic (exact) mass is 229 g/mol. The number of nitrogens with one attached hydrogen (secondary N) is 1. The highest BCUT2D eigenvalue weighted by Gasteiger charge is 2.07. The quantitative estimate of drug-likeness (QED) is 0.806. The molecule has 0 aliphatic heterocycles. The molecule has 0 aliphatic rings. The van der Waals surface area contributed by atoms with E-state index < -0.39 is 6.04 Å². The lowest BCUT2D eigenvalue weighted by Gasteiger charge is -2.08. The minimum absolute atomic E-state index is 0. The van der Waals surface area contributed by atoms with Crippen molar-refractivity contribution in [1.82, 2.24) is 4.98 Å². The van der Waals surface area contributed by atoms with Crippen LogP contribution in [0.2, 0.25) is 0 Å².